The van der Waals surface area contributed by atoms with Gasteiger partial charge in [0.05, 0.1) is 24.1 Å². The number of carbonyl (C=O) groups is 1. The van der Waals surface area contributed by atoms with Crippen LogP contribution in [0.1, 0.15) is 9.67 Å². The van der Waals surface area contributed by atoms with Gasteiger partial charge in [0.1, 0.15) is 0 Å². The minimum Gasteiger partial charge on any atom is -0.377 e. The number of likely N-dealkylation sites (N-methyl/N-ethyl adjacent to an activating group) is 1. The van der Waals surface area contributed by atoms with Gasteiger partial charge in [-0.1, -0.05) is 6.07 Å². The Kier molecular flexibility index (Phi) is 3.93. The Labute approximate surface area is 99.2 Å². The number of thiophene rings is 1. The Bertz CT molecular complexity index is 338. The Hall–Kier alpha value is -0.910. The van der Waals surface area contributed by atoms with Gasteiger partial charge in [-0.15, -0.1) is 11.3 Å². The lowest BCUT2D eigenvalue weighted by molar-refractivity contribution is -0.000710. The second kappa shape index (κ2) is 5.43. The fourth-order valence-corrected chi connectivity index (χ4v) is 2.55. The molecule has 0 aromatic carbocycles. The van der Waals surface area contributed by atoms with Crippen molar-refractivity contribution >= 4 is 17.2 Å². The van der Waals surface area contributed by atoms with Crippen LogP contribution in [0.3, 0.4) is 0 Å². The zero-order valence-electron chi connectivity index (χ0n) is 9.31. The molecule has 0 radical (unpaired) electrons. The van der Waals surface area contributed by atoms with Gasteiger partial charge in [0, 0.05) is 13.1 Å². The van der Waals surface area contributed by atoms with E-state index in [0.29, 0.717) is 19.8 Å². The van der Waals surface area contributed by atoms with E-state index in [2.05, 4.69) is 5.32 Å². The van der Waals surface area contributed by atoms with Gasteiger partial charge in [-0.2, -0.15) is 0 Å². The summed E-state index contributed by atoms with van der Waals surface area (Å²) in [6.07, 6.45) is 0. The lowest BCUT2D eigenvalue weighted by atomic mass is 10.2. The summed E-state index contributed by atoms with van der Waals surface area (Å²) in [5.41, 5.74) is 0. The van der Waals surface area contributed by atoms with Crippen molar-refractivity contribution in [2.24, 2.45) is 0 Å². The zero-order valence-corrected chi connectivity index (χ0v) is 10.1. The summed E-state index contributed by atoms with van der Waals surface area (Å²) in [6.45, 7) is 2.72. The molecule has 4 nitrogen and oxygen atoms in total. The van der Waals surface area contributed by atoms with Crippen molar-refractivity contribution in [1.82, 2.24) is 10.2 Å². The largest absolute Gasteiger partial charge is 0.377 e. The molecule has 2 heterocycles. The molecule has 1 amide bonds. The van der Waals surface area contributed by atoms with Gasteiger partial charge in [0.25, 0.3) is 5.91 Å². The number of hydrogen-bond donors (Lipinski definition) is 1. The molecule has 1 fully saturated rings. The molecule has 1 N–H and O–H groups in total. The lowest BCUT2D eigenvalue weighted by Gasteiger charge is -2.35. The van der Waals surface area contributed by atoms with Gasteiger partial charge in [-0.25, -0.2) is 0 Å². The number of nitrogens with one attached hydrogen (secondary N) is 1. The van der Waals surface area contributed by atoms with Gasteiger partial charge < -0.3 is 15.0 Å². The third kappa shape index (κ3) is 2.42. The molecule has 5 heteroatoms. The van der Waals surface area contributed by atoms with E-state index in [1.54, 1.807) is 0 Å². The van der Waals surface area contributed by atoms with E-state index in [1.807, 2.05) is 29.5 Å². The van der Waals surface area contributed by atoms with Crippen molar-refractivity contribution < 1.29 is 9.53 Å². The molecule has 1 atom stereocenters. The molecule has 1 saturated heterocycles. The summed E-state index contributed by atoms with van der Waals surface area (Å²) in [5.74, 6) is 0.124. The molecule has 0 bridgehead atoms. The molecule has 88 valence electrons. The smallest absolute Gasteiger partial charge is 0.264 e. The SMILES string of the molecule is CNCC1COCCN1C(=O)c1cccs1. The molecule has 1 aromatic heterocycles. The summed E-state index contributed by atoms with van der Waals surface area (Å²) in [4.78, 5) is 14.9. The number of ether oxygens (including phenoxy) is 1. The van der Waals surface area contributed by atoms with E-state index < -0.39 is 0 Å². The Morgan fingerprint density at radius 2 is 2.62 bits per heavy atom. The maximum Gasteiger partial charge on any atom is 0.264 e. The van der Waals surface area contributed by atoms with Crippen LogP contribution in [0.25, 0.3) is 0 Å². The summed E-state index contributed by atoms with van der Waals surface area (Å²) >= 11 is 1.49. The quantitative estimate of drug-likeness (QED) is 0.850. The minimum atomic E-state index is 0.124. The number of hydrogen-bond acceptors (Lipinski definition) is 4. The summed E-state index contributed by atoms with van der Waals surface area (Å²) < 4.78 is 5.40. The highest BCUT2D eigenvalue weighted by Crippen LogP contribution is 2.16. The number of rotatable bonds is 3. The van der Waals surface area contributed by atoms with Crippen LogP contribution in [0.15, 0.2) is 17.5 Å². The van der Waals surface area contributed by atoms with Crippen LogP contribution in [-0.2, 0) is 4.74 Å². The van der Waals surface area contributed by atoms with Crippen LogP contribution in [0.2, 0.25) is 0 Å². The molecule has 1 aliphatic rings. The van der Waals surface area contributed by atoms with Crippen molar-refractivity contribution in [2.75, 3.05) is 33.4 Å². The normalized spacial score (nSPS) is 21.1. The average Bonchev–Trinajstić information content (AvgIpc) is 2.83. The zero-order chi connectivity index (χ0) is 11.4. The van der Waals surface area contributed by atoms with Crippen LogP contribution >= 0.6 is 11.3 Å². The summed E-state index contributed by atoms with van der Waals surface area (Å²) in [5, 5.41) is 5.03. The Morgan fingerprint density at radius 3 is 3.31 bits per heavy atom. The van der Waals surface area contributed by atoms with Crippen molar-refractivity contribution in [1.29, 1.82) is 0 Å². The molecule has 0 saturated carbocycles. The summed E-state index contributed by atoms with van der Waals surface area (Å²) in [7, 11) is 1.89. The van der Waals surface area contributed by atoms with Gasteiger partial charge in [0.2, 0.25) is 0 Å². The molecule has 1 aliphatic heterocycles. The maximum atomic E-state index is 12.2. The van der Waals surface area contributed by atoms with Crippen LogP contribution < -0.4 is 5.32 Å². The minimum absolute atomic E-state index is 0.124. The molecule has 16 heavy (non-hydrogen) atoms. The maximum absolute atomic E-state index is 12.2. The molecule has 0 aliphatic carbocycles. The van der Waals surface area contributed by atoms with Crippen LogP contribution in [-0.4, -0.2) is 50.2 Å². The topological polar surface area (TPSA) is 41.6 Å². The van der Waals surface area contributed by atoms with Crippen LogP contribution in [0.5, 0.6) is 0 Å². The second-order valence-electron chi connectivity index (χ2n) is 3.76. The molecular formula is C11H16N2O2S. The van der Waals surface area contributed by atoms with Crippen molar-refractivity contribution in [2.45, 2.75) is 6.04 Å². The molecule has 0 spiro atoms. The first-order valence-corrected chi connectivity index (χ1v) is 6.27. The highest BCUT2D eigenvalue weighted by Gasteiger charge is 2.27. The first kappa shape index (κ1) is 11.6. The molecular weight excluding hydrogens is 224 g/mol. The van der Waals surface area contributed by atoms with E-state index in [4.69, 9.17) is 4.74 Å². The van der Waals surface area contributed by atoms with E-state index in [9.17, 15) is 4.79 Å². The highest BCUT2D eigenvalue weighted by atomic mass is 32.1. The molecule has 1 unspecified atom stereocenters. The first-order chi connectivity index (χ1) is 7.83. The van der Waals surface area contributed by atoms with E-state index in [1.165, 1.54) is 11.3 Å². The molecule has 1 aromatic rings. The number of nitrogens with zero attached hydrogens (tertiary/aromatic N) is 1. The predicted octanol–water partition coefficient (Wildman–Crippen LogP) is 0.809. The fraction of sp³-hybridized carbons (Fsp3) is 0.545. The van der Waals surface area contributed by atoms with Crippen molar-refractivity contribution in [3.05, 3.63) is 22.4 Å². The standard InChI is InChI=1S/C11H16N2O2S/c1-12-7-9-8-15-5-4-13(9)11(14)10-3-2-6-16-10/h2-3,6,9,12H,4-5,7-8H2,1H3. The number of amides is 1. The third-order valence-corrected chi connectivity index (χ3v) is 3.52. The predicted molar refractivity (Wildman–Crippen MR) is 63.9 cm³/mol. The van der Waals surface area contributed by atoms with Crippen LogP contribution in [0, 0.1) is 0 Å². The van der Waals surface area contributed by atoms with Gasteiger partial charge in [-0.05, 0) is 18.5 Å². The van der Waals surface area contributed by atoms with Gasteiger partial charge >= 0.3 is 0 Å². The summed E-state index contributed by atoms with van der Waals surface area (Å²) in [6, 6.07) is 3.93. The Balaban J connectivity index is 2.08. The lowest BCUT2D eigenvalue weighted by Crippen LogP contribution is -2.52. The van der Waals surface area contributed by atoms with Gasteiger partial charge in [0.15, 0.2) is 0 Å². The van der Waals surface area contributed by atoms with E-state index in [-0.39, 0.29) is 11.9 Å². The van der Waals surface area contributed by atoms with Gasteiger partial charge in [-0.3, -0.25) is 4.79 Å². The van der Waals surface area contributed by atoms with E-state index >= 15 is 0 Å². The van der Waals surface area contributed by atoms with E-state index in [0.717, 1.165) is 11.4 Å². The molecule has 2 rings (SSSR count). The average molecular weight is 240 g/mol. The Morgan fingerprint density at radius 1 is 1.75 bits per heavy atom. The number of carbonyl (C=O) groups excluding carboxylic acids is 1. The monoisotopic (exact) mass is 240 g/mol. The fourth-order valence-electron chi connectivity index (χ4n) is 1.87. The first-order valence-electron chi connectivity index (χ1n) is 5.39. The third-order valence-electron chi connectivity index (χ3n) is 2.66. The second-order valence-corrected chi connectivity index (χ2v) is 4.71. The van der Waals surface area contributed by atoms with Crippen LogP contribution in [0.4, 0.5) is 0 Å². The van der Waals surface area contributed by atoms with Crippen molar-refractivity contribution in [3.8, 4) is 0 Å². The van der Waals surface area contributed by atoms with Crippen molar-refractivity contribution in [3.63, 3.8) is 0 Å². The highest BCUT2D eigenvalue weighted by molar-refractivity contribution is 7.12. The number of morpholine rings is 1.